The summed E-state index contributed by atoms with van der Waals surface area (Å²) in [5, 5.41) is 3.26. The van der Waals surface area contributed by atoms with E-state index in [1.807, 2.05) is 24.4 Å². The molecule has 16 heavy (non-hydrogen) atoms. The van der Waals surface area contributed by atoms with Crippen molar-refractivity contribution in [1.82, 2.24) is 10.3 Å². The highest BCUT2D eigenvalue weighted by molar-refractivity contribution is 5.62. The molecule has 0 amide bonds. The molecule has 1 aromatic heterocycles. The Hall–Kier alpha value is -1.67. The molecule has 1 N–H and O–H groups in total. The van der Waals surface area contributed by atoms with Gasteiger partial charge in [-0.05, 0) is 18.2 Å². The second-order valence-corrected chi connectivity index (χ2v) is 3.68. The van der Waals surface area contributed by atoms with Crippen molar-refractivity contribution in [2.24, 2.45) is 0 Å². The summed E-state index contributed by atoms with van der Waals surface area (Å²) in [6.45, 7) is 3.91. The Morgan fingerprint density at radius 1 is 1.00 bits per heavy atom. The van der Waals surface area contributed by atoms with Crippen LogP contribution in [0.3, 0.4) is 0 Å². The number of aromatic nitrogens is 1. The third-order valence-corrected chi connectivity index (χ3v) is 2.49. The molecular formula is C14H16N2. The van der Waals surface area contributed by atoms with Crippen molar-refractivity contribution in [3.63, 3.8) is 0 Å². The maximum atomic E-state index is 4.43. The second kappa shape index (κ2) is 5.42. The Bertz CT molecular complexity index is 420. The van der Waals surface area contributed by atoms with Gasteiger partial charge in [0, 0.05) is 18.3 Å². The molecule has 0 saturated heterocycles. The quantitative estimate of drug-likeness (QED) is 0.843. The SMILES string of the molecule is CCNCc1ccc(-c2ccccc2)cn1. The lowest BCUT2D eigenvalue weighted by atomic mass is 10.1. The van der Waals surface area contributed by atoms with Crippen molar-refractivity contribution in [2.75, 3.05) is 6.54 Å². The van der Waals surface area contributed by atoms with E-state index in [9.17, 15) is 0 Å². The monoisotopic (exact) mass is 212 g/mol. The molecule has 1 aromatic carbocycles. The van der Waals surface area contributed by atoms with Gasteiger partial charge in [-0.3, -0.25) is 4.98 Å². The summed E-state index contributed by atoms with van der Waals surface area (Å²) in [6.07, 6.45) is 1.93. The van der Waals surface area contributed by atoms with Gasteiger partial charge in [0.1, 0.15) is 0 Å². The van der Waals surface area contributed by atoms with Crippen LogP contribution in [-0.4, -0.2) is 11.5 Å². The van der Waals surface area contributed by atoms with Crippen LogP contribution in [0.4, 0.5) is 0 Å². The minimum atomic E-state index is 0.839. The average molecular weight is 212 g/mol. The number of rotatable bonds is 4. The molecule has 0 radical (unpaired) electrons. The highest BCUT2D eigenvalue weighted by atomic mass is 14.9. The molecule has 2 heteroatoms. The molecule has 0 atom stereocenters. The lowest BCUT2D eigenvalue weighted by Gasteiger charge is -2.03. The van der Waals surface area contributed by atoms with E-state index in [4.69, 9.17) is 0 Å². The number of nitrogens with one attached hydrogen (secondary N) is 1. The van der Waals surface area contributed by atoms with E-state index >= 15 is 0 Å². The van der Waals surface area contributed by atoms with Crippen molar-refractivity contribution < 1.29 is 0 Å². The second-order valence-electron chi connectivity index (χ2n) is 3.68. The molecule has 0 spiro atoms. The Labute approximate surface area is 96.4 Å². The van der Waals surface area contributed by atoms with Gasteiger partial charge in [0.25, 0.3) is 0 Å². The van der Waals surface area contributed by atoms with Crippen LogP contribution in [0.25, 0.3) is 11.1 Å². The van der Waals surface area contributed by atoms with Gasteiger partial charge in [0.05, 0.1) is 5.69 Å². The minimum absolute atomic E-state index is 0.839. The molecule has 0 fully saturated rings. The van der Waals surface area contributed by atoms with Crippen LogP contribution in [0.5, 0.6) is 0 Å². The third kappa shape index (κ3) is 2.67. The Morgan fingerprint density at radius 3 is 2.44 bits per heavy atom. The van der Waals surface area contributed by atoms with Crippen LogP contribution in [-0.2, 0) is 6.54 Å². The predicted octanol–water partition coefficient (Wildman–Crippen LogP) is 2.86. The molecular weight excluding hydrogens is 196 g/mol. The van der Waals surface area contributed by atoms with Crippen LogP contribution in [0.2, 0.25) is 0 Å². The Balaban J connectivity index is 2.13. The van der Waals surface area contributed by atoms with E-state index in [0.717, 1.165) is 18.8 Å². The van der Waals surface area contributed by atoms with E-state index < -0.39 is 0 Å². The first-order chi connectivity index (χ1) is 7.90. The standard InChI is InChI=1S/C14H16N2/c1-2-15-11-14-9-8-13(10-16-14)12-6-4-3-5-7-12/h3-10,15H,2,11H2,1H3. The zero-order valence-electron chi connectivity index (χ0n) is 9.48. The van der Waals surface area contributed by atoms with Crippen LogP contribution in [0, 0.1) is 0 Å². The van der Waals surface area contributed by atoms with Gasteiger partial charge in [-0.25, -0.2) is 0 Å². The highest BCUT2D eigenvalue weighted by Crippen LogP contribution is 2.17. The Kier molecular flexibility index (Phi) is 3.67. The number of nitrogens with zero attached hydrogens (tertiary/aromatic N) is 1. The summed E-state index contributed by atoms with van der Waals surface area (Å²) < 4.78 is 0. The van der Waals surface area contributed by atoms with E-state index in [0.29, 0.717) is 0 Å². The number of benzene rings is 1. The molecule has 2 aromatic rings. The fourth-order valence-corrected chi connectivity index (χ4v) is 1.58. The first-order valence-corrected chi connectivity index (χ1v) is 5.61. The van der Waals surface area contributed by atoms with Crippen molar-refractivity contribution in [3.8, 4) is 11.1 Å². The van der Waals surface area contributed by atoms with Gasteiger partial charge in [-0.1, -0.05) is 43.3 Å². The van der Waals surface area contributed by atoms with E-state index in [1.165, 1.54) is 11.1 Å². The summed E-state index contributed by atoms with van der Waals surface area (Å²) in [6, 6.07) is 14.5. The smallest absolute Gasteiger partial charge is 0.0542 e. The predicted molar refractivity (Wildman–Crippen MR) is 67.1 cm³/mol. The third-order valence-electron chi connectivity index (χ3n) is 2.49. The molecule has 82 valence electrons. The largest absolute Gasteiger partial charge is 0.311 e. The van der Waals surface area contributed by atoms with Crippen molar-refractivity contribution in [1.29, 1.82) is 0 Å². The highest BCUT2D eigenvalue weighted by Gasteiger charge is 1.97. The normalized spacial score (nSPS) is 10.3. The molecule has 0 saturated carbocycles. The molecule has 0 aliphatic rings. The first-order valence-electron chi connectivity index (χ1n) is 5.61. The molecule has 0 aliphatic heterocycles. The van der Waals surface area contributed by atoms with Crippen LogP contribution in [0.15, 0.2) is 48.7 Å². The lowest BCUT2D eigenvalue weighted by Crippen LogP contribution is -2.12. The fourth-order valence-electron chi connectivity index (χ4n) is 1.58. The topological polar surface area (TPSA) is 24.9 Å². The Morgan fingerprint density at radius 2 is 1.81 bits per heavy atom. The maximum Gasteiger partial charge on any atom is 0.0542 e. The van der Waals surface area contributed by atoms with E-state index in [2.05, 4.69) is 41.5 Å². The summed E-state index contributed by atoms with van der Waals surface area (Å²) >= 11 is 0. The van der Waals surface area contributed by atoms with Crippen LogP contribution < -0.4 is 5.32 Å². The molecule has 2 rings (SSSR count). The van der Waals surface area contributed by atoms with Crippen molar-refractivity contribution in [2.45, 2.75) is 13.5 Å². The number of hydrogen-bond acceptors (Lipinski definition) is 2. The molecule has 0 unspecified atom stereocenters. The molecule has 2 nitrogen and oxygen atoms in total. The first kappa shape index (κ1) is 10.8. The van der Waals surface area contributed by atoms with E-state index in [1.54, 1.807) is 0 Å². The van der Waals surface area contributed by atoms with Gasteiger partial charge in [0.15, 0.2) is 0 Å². The summed E-state index contributed by atoms with van der Waals surface area (Å²) in [4.78, 5) is 4.43. The number of hydrogen-bond donors (Lipinski definition) is 1. The van der Waals surface area contributed by atoms with Gasteiger partial charge in [-0.15, -0.1) is 0 Å². The van der Waals surface area contributed by atoms with E-state index in [-0.39, 0.29) is 0 Å². The summed E-state index contributed by atoms with van der Waals surface area (Å²) in [5.74, 6) is 0. The average Bonchev–Trinajstić information content (AvgIpc) is 2.38. The zero-order valence-corrected chi connectivity index (χ0v) is 9.48. The zero-order chi connectivity index (χ0) is 11.2. The van der Waals surface area contributed by atoms with Crippen LogP contribution >= 0.6 is 0 Å². The van der Waals surface area contributed by atoms with Gasteiger partial charge < -0.3 is 5.32 Å². The maximum absolute atomic E-state index is 4.43. The van der Waals surface area contributed by atoms with Gasteiger partial charge >= 0.3 is 0 Å². The van der Waals surface area contributed by atoms with Gasteiger partial charge in [0.2, 0.25) is 0 Å². The summed E-state index contributed by atoms with van der Waals surface area (Å²) in [7, 11) is 0. The lowest BCUT2D eigenvalue weighted by molar-refractivity contribution is 0.711. The summed E-state index contributed by atoms with van der Waals surface area (Å²) in [5.41, 5.74) is 3.47. The minimum Gasteiger partial charge on any atom is -0.311 e. The molecule has 0 bridgehead atoms. The van der Waals surface area contributed by atoms with Crippen molar-refractivity contribution in [3.05, 3.63) is 54.4 Å². The molecule has 1 heterocycles. The van der Waals surface area contributed by atoms with Gasteiger partial charge in [-0.2, -0.15) is 0 Å². The van der Waals surface area contributed by atoms with Crippen LogP contribution in [0.1, 0.15) is 12.6 Å². The molecule has 0 aliphatic carbocycles. The van der Waals surface area contributed by atoms with Crippen molar-refractivity contribution >= 4 is 0 Å². The number of pyridine rings is 1. The fraction of sp³-hybridized carbons (Fsp3) is 0.214.